The summed E-state index contributed by atoms with van der Waals surface area (Å²) in [6, 6.07) is 22.7. The molecule has 0 atom stereocenters. The minimum absolute atomic E-state index is 0.278. The molecule has 4 aromatic rings. The van der Waals surface area contributed by atoms with E-state index in [1.165, 1.54) is 12.3 Å². The molecular weight excluding hydrogens is 478 g/mol. The smallest absolute Gasteiger partial charge is 0.248 e. The molecule has 192 valence electrons. The summed E-state index contributed by atoms with van der Waals surface area (Å²) in [5, 5.41) is 16.7. The Morgan fingerprint density at radius 1 is 1.08 bits per heavy atom. The zero-order valence-electron chi connectivity index (χ0n) is 21.6. The minimum atomic E-state index is -0.278. The third-order valence-corrected chi connectivity index (χ3v) is 5.49. The van der Waals surface area contributed by atoms with Gasteiger partial charge in [0.1, 0.15) is 23.3 Å². The van der Waals surface area contributed by atoms with Crippen LogP contribution in [0.15, 0.2) is 85.1 Å². The van der Waals surface area contributed by atoms with Crippen molar-refractivity contribution in [3.63, 3.8) is 0 Å². The lowest BCUT2D eigenvalue weighted by molar-refractivity contribution is -0.111. The highest BCUT2D eigenvalue weighted by Crippen LogP contribution is 2.36. The van der Waals surface area contributed by atoms with Crippen LogP contribution in [-0.4, -0.2) is 43.0 Å². The summed E-state index contributed by atoms with van der Waals surface area (Å²) in [7, 11) is 3.86. The number of ether oxygens (including phenoxy) is 2. The summed E-state index contributed by atoms with van der Waals surface area (Å²) in [5.74, 6) is 1.66. The second-order valence-corrected chi connectivity index (χ2v) is 8.68. The van der Waals surface area contributed by atoms with E-state index < -0.39 is 0 Å². The molecule has 38 heavy (non-hydrogen) atoms. The van der Waals surface area contributed by atoms with Crippen molar-refractivity contribution in [1.29, 1.82) is 5.26 Å². The molecule has 3 aromatic carbocycles. The van der Waals surface area contributed by atoms with Crippen LogP contribution >= 0.6 is 0 Å². The molecule has 0 fully saturated rings. The van der Waals surface area contributed by atoms with E-state index in [1.807, 2.05) is 80.5 Å². The summed E-state index contributed by atoms with van der Waals surface area (Å²) in [6.07, 6.45) is 4.79. The van der Waals surface area contributed by atoms with Crippen molar-refractivity contribution in [3.05, 3.63) is 90.6 Å². The first-order valence-corrected chi connectivity index (χ1v) is 12.2. The number of hydrogen-bond acceptors (Lipinski definition) is 7. The van der Waals surface area contributed by atoms with Gasteiger partial charge in [0.2, 0.25) is 5.91 Å². The van der Waals surface area contributed by atoms with Crippen LogP contribution in [-0.2, 0) is 4.79 Å². The van der Waals surface area contributed by atoms with Crippen LogP contribution in [0.3, 0.4) is 0 Å². The number of benzene rings is 3. The molecule has 0 saturated heterocycles. The lowest BCUT2D eigenvalue weighted by atomic mass is 10.1. The summed E-state index contributed by atoms with van der Waals surface area (Å²) in [5.41, 5.74) is 2.83. The zero-order chi connectivity index (χ0) is 26.9. The maximum Gasteiger partial charge on any atom is 0.248 e. The average Bonchev–Trinajstić information content (AvgIpc) is 2.91. The number of fused-ring (bicyclic) bond motifs is 1. The van der Waals surface area contributed by atoms with Gasteiger partial charge in [-0.15, -0.1) is 0 Å². The maximum atomic E-state index is 12.6. The molecule has 0 spiro atoms. The molecule has 0 bridgehead atoms. The molecule has 4 rings (SSSR count). The van der Waals surface area contributed by atoms with Gasteiger partial charge in [-0.2, -0.15) is 5.26 Å². The SMILES string of the molecule is CCOc1cc2ncc(C#N)c(Nc3ccc(Oc4ccccc4)cc3)c2cc1NC(=O)C=CCN(C)C. The van der Waals surface area contributed by atoms with Gasteiger partial charge in [-0.3, -0.25) is 9.78 Å². The monoisotopic (exact) mass is 507 g/mol. The number of nitrogens with zero attached hydrogens (tertiary/aromatic N) is 3. The molecule has 1 heterocycles. The van der Waals surface area contributed by atoms with Gasteiger partial charge in [0.25, 0.3) is 0 Å². The Labute approximate surface area is 222 Å². The fourth-order valence-corrected chi connectivity index (χ4v) is 3.73. The number of rotatable bonds is 10. The molecule has 0 saturated carbocycles. The van der Waals surface area contributed by atoms with E-state index in [2.05, 4.69) is 21.7 Å². The number of para-hydroxylation sites is 1. The topological polar surface area (TPSA) is 99.5 Å². The van der Waals surface area contributed by atoms with Crippen LogP contribution in [0.25, 0.3) is 10.9 Å². The van der Waals surface area contributed by atoms with Crippen molar-refractivity contribution < 1.29 is 14.3 Å². The Balaban J connectivity index is 1.65. The summed E-state index contributed by atoms with van der Waals surface area (Å²) < 4.78 is 11.7. The molecule has 0 aliphatic rings. The van der Waals surface area contributed by atoms with Crippen LogP contribution in [0.5, 0.6) is 17.2 Å². The van der Waals surface area contributed by atoms with Crippen molar-refractivity contribution in [3.8, 4) is 23.3 Å². The molecule has 8 heteroatoms. The highest BCUT2D eigenvalue weighted by Gasteiger charge is 2.15. The normalized spacial score (nSPS) is 10.9. The minimum Gasteiger partial charge on any atom is -0.492 e. The molecular formula is C30H29N5O3. The number of carbonyl (C=O) groups is 1. The quantitative estimate of drug-likeness (QED) is 0.250. The number of likely N-dealkylation sites (N-methyl/N-ethyl adjacent to an activating group) is 1. The summed E-state index contributed by atoms with van der Waals surface area (Å²) in [6.45, 7) is 2.93. The number of amides is 1. The molecule has 0 aliphatic heterocycles. The Bertz CT molecular complexity index is 1480. The number of nitriles is 1. The second-order valence-electron chi connectivity index (χ2n) is 8.68. The highest BCUT2D eigenvalue weighted by molar-refractivity contribution is 6.04. The first-order chi connectivity index (χ1) is 18.5. The van der Waals surface area contributed by atoms with Crippen LogP contribution in [0.1, 0.15) is 12.5 Å². The number of pyridine rings is 1. The molecule has 0 unspecified atom stereocenters. The van der Waals surface area contributed by atoms with Gasteiger partial charge in [-0.25, -0.2) is 0 Å². The maximum absolute atomic E-state index is 12.6. The van der Waals surface area contributed by atoms with Crippen molar-refractivity contribution in [2.45, 2.75) is 6.92 Å². The first kappa shape index (κ1) is 26.2. The number of hydrogen-bond donors (Lipinski definition) is 2. The third kappa shape index (κ3) is 6.66. The predicted molar refractivity (Wildman–Crippen MR) is 150 cm³/mol. The van der Waals surface area contributed by atoms with Crippen LogP contribution < -0.4 is 20.1 Å². The molecule has 8 nitrogen and oxygen atoms in total. The van der Waals surface area contributed by atoms with Gasteiger partial charge >= 0.3 is 0 Å². The van der Waals surface area contributed by atoms with Crippen molar-refractivity contribution in [2.24, 2.45) is 0 Å². The summed E-state index contributed by atoms with van der Waals surface area (Å²) in [4.78, 5) is 19.0. The third-order valence-electron chi connectivity index (χ3n) is 5.49. The molecule has 1 aromatic heterocycles. The standard InChI is InChI=1S/C30H29N5O3/c1-4-37-28-18-26-25(17-27(28)34-29(36)11-8-16-35(2)3)30(21(19-31)20-32-26)33-22-12-14-24(15-13-22)38-23-9-6-5-7-10-23/h5-15,17-18,20H,4,16H2,1-3H3,(H,32,33)(H,34,36). The lowest BCUT2D eigenvalue weighted by Crippen LogP contribution is -2.13. The average molecular weight is 508 g/mol. The van der Waals surface area contributed by atoms with Gasteiger partial charge < -0.3 is 25.0 Å². The fourth-order valence-electron chi connectivity index (χ4n) is 3.73. The van der Waals surface area contributed by atoms with Crippen LogP contribution in [0.2, 0.25) is 0 Å². The lowest BCUT2D eigenvalue weighted by Gasteiger charge is -2.16. The fraction of sp³-hybridized carbons (Fsp3) is 0.167. The zero-order valence-corrected chi connectivity index (χ0v) is 21.6. The number of carbonyl (C=O) groups excluding carboxylic acids is 1. The van der Waals surface area contributed by atoms with Gasteiger partial charge in [0, 0.05) is 36.0 Å². The van der Waals surface area contributed by atoms with E-state index in [1.54, 1.807) is 18.2 Å². The van der Waals surface area contributed by atoms with E-state index in [0.717, 1.165) is 11.4 Å². The van der Waals surface area contributed by atoms with Crippen molar-refractivity contribution >= 4 is 33.9 Å². The highest BCUT2D eigenvalue weighted by atomic mass is 16.5. The number of anilines is 3. The number of nitrogens with one attached hydrogen (secondary N) is 2. The van der Waals surface area contributed by atoms with E-state index in [9.17, 15) is 10.1 Å². The van der Waals surface area contributed by atoms with E-state index in [4.69, 9.17) is 9.47 Å². The van der Waals surface area contributed by atoms with Gasteiger partial charge in [0.15, 0.2) is 0 Å². The predicted octanol–water partition coefficient (Wildman–Crippen LogP) is 6.10. The van der Waals surface area contributed by atoms with Crippen LogP contribution in [0.4, 0.5) is 17.1 Å². The Kier molecular flexibility index (Phi) is 8.54. The Morgan fingerprint density at radius 2 is 1.82 bits per heavy atom. The molecule has 1 amide bonds. The molecule has 2 N–H and O–H groups in total. The largest absolute Gasteiger partial charge is 0.492 e. The van der Waals surface area contributed by atoms with Crippen LogP contribution in [0, 0.1) is 11.3 Å². The van der Waals surface area contributed by atoms with Gasteiger partial charge in [-0.1, -0.05) is 24.3 Å². The van der Waals surface area contributed by atoms with Gasteiger partial charge in [-0.05, 0) is 63.5 Å². The molecule has 0 radical (unpaired) electrons. The van der Waals surface area contributed by atoms with E-state index >= 15 is 0 Å². The molecule has 0 aliphatic carbocycles. The van der Waals surface area contributed by atoms with E-state index in [-0.39, 0.29) is 5.91 Å². The Morgan fingerprint density at radius 3 is 2.50 bits per heavy atom. The van der Waals surface area contributed by atoms with Crippen molar-refractivity contribution in [2.75, 3.05) is 37.9 Å². The Hall–Kier alpha value is -4.87. The van der Waals surface area contributed by atoms with Crippen molar-refractivity contribution in [1.82, 2.24) is 9.88 Å². The first-order valence-electron chi connectivity index (χ1n) is 12.2. The van der Waals surface area contributed by atoms with Gasteiger partial charge in [0.05, 0.1) is 29.1 Å². The number of aromatic nitrogens is 1. The van der Waals surface area contributed by atoms with E-state index in [0.29, 0.717) is 52.5 Å². The second kappa shape index (κ2) is 12.4. The summed E-state index contributed by atoms with van der Waals surface area (Å²) >= 11 is 0.